The Labute approximate surface area is 207 Å². The minimum Gasteiger partial charge on any atom is -0.458 e. The maximum atomic E-state index is 13.5. The number of nitriles is 1. The standard InChI is InChI=1S/C26H21Cl2N3O3/c27-19-2-1-3-20(28)22(19)24-23(25(34-30-24)15-6-7-15)26(32)33-21-11-18-10-16(21)13-31(18)17-8-4-14(12-29)5-9-17/h1-5,8-9,15-16,18,21H,6-7,10-11,13H2. The van der Waals surface area contributed by atoms with Crippen molar-refractivity contribution in [2.24, 2.45) is 5.92 Å². The minimum absolute atomic E-state index is 0.163. The van der Waals surface area contributed by atoms with Gasteiger partial charge in [-0.2, -0.15) is 5.26 Å². The third kappa shape index (κ3) is 3.64. The summed E-state index contributed by atoms with van der Waals surface area (Å²) >= 11 is 12.8. The summed E-state index contributed by atoms with van der Waals surface area (Å²) in [5.74, 6) is 0.577. The van der Waals surface area contributed by atoms with Crippen LogP contribution in [0, 0.1) is 17.2 Å². The molecule has 2 aliphatic carbocycles. The number of aromatic nitrogens is 1. The van der Waals surface area contributed by atoms with Crippen molar-refractivity contribution in [2.45, 2.75) is 43.7 Å². The highest BCUT2D eigenvalue weighted by atomic mass is 35.5. The van der Waals surface area contributed by atoms with E-state index in [0.29, 0.717) is 44.2 Å². The van der Waals surface area contributed by atoms with Gasteiger partial charge in [0.05, 0.1) is 21.7 Å². The van der Waals surface area contributed by atoms with Gasteiger partial charge in [-0.05, 0) is 55.7 Å². The molecule has 3 unspecified atom stereocenters. The number of anilines is 1. The molecule has 2 heterocycles. The van der Waals surface area contributed by atoms with Gasteiger partial charge in [0, 0.05) is 42.1 Å². The molecule has 2 aromatic carbocycles. The highest BCUT2D eigenvalue weighted by Crippen LogP contribution is 2.47. The van der Waals surface area contributed by atoms with Gasteiger partial charge in [-0.1, -0.05) is 34.4 Å². The molecule has 1 aliphatic heterocycles. The monoisotopic (exact) mass is 493 g/mol. The lowest BCUT2D eigenvalue weighted by Crippen LogP contribution is -2.39. The Morgan fingerprint density at radius 3 is 2.47 bits per heavy atom. The summed E-state index contributed by atoms with van der Waals surface area (Å²) < 4.78 is 11.7. The second kappa shape index (κ2) is 8.33. The lowest BCUT2D eigenvalue weighted by atomic mass is 10.0. The van der Waals surface area contributed by atoms with Gasteiger partial charge in [0.2, 0.25) is 0 Å². The number of fused-ring (bicyclic) bond motifs is 2. The number of esters is 1. The van der Waals surface area contributed by atoms with Gasteiger partial charge < -0.3 is 14.2 Å². The predicted molar refractivity (Wildman–Crippen MR) is 128 cm³/mol. The molecule has 3 fully saturated rings. The maximum Gasteiger partial charge on any atom is 0.344 e. The largest absolute Gasteiger partial charge is 0.458 e. The van der Waals surface area contributed by atoms with E-state index in [0.717, 1.165) is 37.9 Å². The number of carbonyl (C=O) groups excluding carboxylic acids is 1. The van der Waals surface area contributed by atoms with Crippen LogP contribution in [0.4, 0.5) is 5.69 Å². The number of carbonyl (C=O) groups is 1. The van der Waals surface area contributed by atoms with Gasteiger partial charge >= 0.3 is 5.97 Å². The number of benzene rings is 2. The van der Waals surface area contributed by atoms with Crippen LogP contribution >= 0.6 is 23.2 Å². The van der Waals surface area contributed by atoms with Crippen LogP contribution in [0.2, 0.25) is 10.0 Å². The number of piperidine rings is 1. The van der Waals surface area contributed by atoms with E-state index >= 15 is 0 Å². The quantitative estimate of drug-likeness (QED) is 0.392. The fourth-order valence-corrected chi connectivity index (χ4v) is 5.89. The molecule has 0 radical (unpaired) electrons. The Kier molecular flexibility index (Phi) is 5.28. The Bertz CT molecular complexity index is 1290. The summed E-state index contributed by atoms with van der Waals surface area (Å²) in [6.45, 7) is 0.816. The first-order valence-electron chi connectivity index (χ1n) is 11.4. The van der Waals surface area contributed by atoms with Gasteiger partial charge in [0.25, 0.3) is 0 Å². The lowest BCUT2D eigenvalue weighted by Gasteiger charge is -2.33. The topological polar surface area (TPSA) is 79.4 Å². The maximum absolute atomic E-state index is 13.5. The molecule has 172 valence electrons. The van der Waals surface area contributed by atoms with Crippen LogP contribution in [-0.4, -0.2) is 29.8 Å². The number of nitrogens with zero attached hydrogens (tertiary/aromatic N) is 3. The van der Waals surface area contributed by atoms with Gasteiger partial charge in [0.1, 0.15) is 17.4 Å². The normalized spacial score (nSPS) is 23.2. The number of ether oxygens (including phenoxy) is 1. The van der Waals surface area contributed by atoms with Crippen molar-refractivity contribution in [1.82, 2.24) is 5.16 Å². The summed E-state index contributed by atoms with van der Waals surface area (Å²) in [4.78, 5) is 15.8. The third-order valence-corrected chi connectivity index (χ3v) is 7.76. The van der Waals surface area contributed by atoms with Gasteiger partial charge in [0.15, 0.2) is 5.76 Å². The van der Waals surface area contributed by atoms with Gasteiger partial charge in [-0.3, -0.25) is 0 Å². The molecule has 3 aromatic rings. The molecule has 0 spiro atoms. The van der Waals surface area contributed by atoms with E-state index < -0.39 is 5.97 Å². The van der Waals surface area contributed by atoms with Gasteiger partial charge in [-0.25, -0.2) is 4.79 Å². The Morgan fingerprint density at radius 1 is 1.12 bits per heavy atom. The van der Waals surface area contributed by atoms with Crippen molar-refractivity contribution in [3.63, 3.8) is 0 Å². The van der Waals surface area contributed by atoms with E-state index in [4.69, 9.17) is 37.7 Å². The number of rotatable bonds is 5. The van der Waals surface area contributed by atoms with Crippen LogP contribution in [0.15, 0.2) is 47.0 Å². The summed E-state index contributed by atoms with van der Waals surface area (Å²) in [7, 11) is 0. The lowest BCUT2D eigenvalue weighted by molar-refractivity contribution is 0.0191. The van der Waals surface area contributed by atoms with Crippen molar-refractivity contribution in [2.75, 3.05) is 11.4 Å². The molecule has 3 aliphatic rings. The van der Waals surface area contributed by atoms with Crippen molar-refractivity contribution < 1.29 is 14.1 Å². The second-order valence-corrected chi connectivity index (χ2v) is 10.1. The first kappa shape index (κ1) is 21.5. The van der Waals surface area contributed by atoms with E-state index in [1.807, 2.05) is 24.3 Å². The molecule has 1 aromatic heterocycles. The number of hydrogen-bond donors (Lipinski definition) is 0. The van der Waals surface area contributed by atoms with E-state index in [2.05, 4.69) is 16.1 Å². The molecule has 0 N–H and O–H groups in total. The molecule has 1 saturated heterocycles. The molecule has 6 rings (SSSR count). The van der Waals surface area contributed by atoms with Crippen LogP contribution in [0.5, 0.6) is 0 Å². The Hall–Kier alpha value is -3.01. The van der Waals surface area contributed by atoms with Crippen LogP contribution < -0.4 is 4.90 Å². The molecule has 2 bridgehead atoms. The van der Waals surface area contributed by atoms with Crippen molar-refractivity contribution in [3.8, 4) is 17.3 Å². The molecule has 3 atom stereocenters. The molecule has 2 saturated carbocycles. The Morgan fingerprint density at radius 2 is 1.85 bits per heavy atom. The molecule has 34 heavy (non-hydrogen) atoms. The fraction of sp³-hybridized carbons (Fsp3) is 0.346. The highest BCUT2D eigenvalue weighted by molar-refractivity contribution is 6.39. The molecular formula is C26H21Cl2N3O3. The second-order valence-electron chi connectivity index (χ2n) is 9.28. The SMILES string of the molecule is N#Cc1ccc(N2CC3CC2CC3OC(=O)c2c(-c3c(Cl)cccc3Cl)noc2C2CC2)cc1. The van der Waals surface area contributed by atoms with Crippen molar-refractivity contribution in [1.29, 1.82) is 5.26 Å². The first-order valence-corrected chi connectivity index (χ1v) is 12.2. The van der Waals surface area contributed by atoms with Crippen molar-refractivity contribution in [3.05, 3.63) is 69.4 Å². The van der Waals surface area contributed by atoms with E-state index in [-0.39, 0.29) is 17.9 Å². The fourth-order valence-electron chi connectivity index (χ4n) is 5.31. The number of halogens is 2. The van der Waals surface area contributed by atoms with Crippen LogP contribution in [-0.2, 0) is 4.74 Å². The van der Waals surface area contributed by atoms with Crippen LogP contribution in [0.3, 0.4) is 0 Å². The van der Waals surface area contributed by atoms with E-state index in [1.54, 1.807) is 18.2 Å². The van der Waals surface area contributed by atoms with E-state index in [9.17, 15) is 4.79 Å². The van der Waals surface area contributed by atoms with Crippen molar-refractivity contribution >= 4 is 34.9 Å². The first-order chi connectivity index (χ1) is 16.5. The average molecular weight is 494 g/mol. The third-order valence-electron chi connectivity index (χ3n) is 7.13. The molecule has 8 heteroatoms. The zero-order valence-corrected chi connectivity index (χ0v) is 19.7. The number of hydrogen-bond acceptors (Lipinski definition) is 6. The minimum atomic E-state index is -0.420. The molecule has 0 amide bonds. The summed E-state index contributed by atoms with van der Waals surface area (Å²) in [5.41, 5.74) is 2.94. The smallest absolute Gasteiger partial charge is 0.344 e. The van der Waals surface area contributed by atoms with Gasteiger partial charge in [-0.15, -0.1) is 0 Å². The van der Waals surface area contributed by atoms with Crippen LogP contribution in [0.25, 0.3) is 11.3 Å². The predicted octanol–water partition coefficient (Wildman–Crippen LogP) is 6.22. The van der Waals surface area contributed by atoms with E-state index in [1.165, 1.54) is 0 Å². The van der Waals surface area contributed by atoms with Crippen LogP contribution in [0.1, 0.15) is 53.3 Å². The summed E-state index contributed by atoms with van der Waals surface area (Å²) in [6.07, 6.45) is 3.49. The average Bonchev–Trinajstić information content (AvgIpc) is 3.28. The molecule has 6 nitrogen and oxygen atoms in total. The zero-order chi connectivity index (χ0) is 23.4. The Balaban J connectivity index is 1.23. The highest BCUT2D eigenvalue weighted by Gasteiger charge is 2.47. The molecular weight excluding hydrogens is 473 g/mol. The summed E-state index contributed by atoms with van der Waals surface area (Å²) in [6, 6.07) is 15.3. The summed E-state index contributed by atoms with van der Waals surface area (Å²) in [5, 5.41) is 14.1. The zero-order valence-electron chi connectivity index (χ0n) is 18.2.